The van der Waals surface area contributed by atoms with Crippen LogP contribution < -0.4 is 20.9 Å². The highest BCUT2D eigenvalue weighted by Crippen LogP contribution is 2.28. The number of benzene rings is 2. The van der Waals surface area contributed by atoms with Gasteiger partial charge in [0.1, 0.15) is 36.3 Å². The third-order valence-corrected chi connectivity index (χ3v) is 5.07. The van der Waals surface area contributed by atoms with E-state index in [9.17, 15) is 0 Å². The second-order valence-electron chi connectivity index (χ2n) is 7.34. The molecule has 31 heavy (non-hydrogen) atoms. The summed E-state index contributed by atoms with van der Waals surface area (Å²) >= 11 is 0. The van der Waals surface area contributed by atoms with Crippen LogP contribution in [-0.2, 0) is 4.74 Å². The third kappa shape index (κ3) is 4.62. The molecule has 0 bridgehead atoms. The van der Waals surface area contributed by atoms with Gasteiger partial charge in [0.25, 0.3) is 0 Å². The lowest BCUT2D eigenvalue weighted by Crippen LogP contribution is -2.12. The molecule has 4 rings (SSSR count). The van der Waals surface area contributed by atoms with E-state index in [4.69, 9.17) is 25.7 Å². The van der Waals surface area contributed by atoms with Crippen LogP contribution in [0.4, 0.5) is 11.6 Å². The molecule has 4 aromatic rings. The average molecular weight is 418 g/mol. The smallest absolute Gasteiger partial charge is 0.128 e. The van der Waals surface area contributed by atoms with E-state index in [0.717, 1.165) is 44.4 Å². The van der Waals surface area contributed by atoms with Crippen molar-refractivity contribution in [3.8, 4) is 11.5 Å². The van der Waals surface area contributed by atoms with E-state index in [0.29, 0.717) is 38.1 Å². The number of aryl methyl sites for hydroxylation is 2. The predicted octanol–water partition coefficient (Wildman–Crippen LogP) is 4.04. The molecule has 2 heterocycles. The number of nitrogens with zero attached hydrogens (tertiary/aromatic N) is 2. The Hall–Kier alpha value is -3.58. The SMILES string of the molecule is Cc1cc2c(OCCOCCOc3cccc4nc(N)c(C)cc34)cccc2nc1N. The zero-order valence-electron chi connectivity index (χ0n) is 17.7. The summed E-state index contributed by atoms with van der Waals surface area (Å²) in [6.45, 7) is 5.63. The summed E-state index contributed by atoms with van der Waals surface area (Å²) < 4.78 is 17.5. The van der Waals surface area contributed by atoms with Crippen molar-refractivity contribution in [2.45, 2.75) is 13.8 Å². The molecule has 0 saturated carbocycles. The van der Waals surface area contributed by atoms with Crippen molar-refractivity contribution >= 4 is 33.4 Å². The first-order chi connectivity index (χ1) is 15.0. The van der Waals surface area contributed by atoms with Crippen LogP contribution in [-0.4, -0.2) is 36.4 Å². The number of ether oxygens (including phenoxy) is 3. The topological polar surface area (TPSA) is 106 Å². The zero-order chi connectivity index (χ0) is 21.8. The van der Waals surface area contributed by atoms with Gasteiger partial charge < -0.3 is 25.7 Å². The lowest BCUT2D eigenvalue weighted by Gasteiger charge is -2.12. The van der Waals surface area contributed by atoms with Crippen molar-refractivity contribution in [3.05, 3.63) is 59.7 Å². The normalized spacial score (nSPS) is 11.2. The molecule has 2 aromatic heterocycles. The summed E-state index contributed by atoms with van der Waals surface area (Å²) in [6, 6.07) is 15.5. The van der Waals surface area contributed by atoms with Gasteiger partial charge in [0.15, 0.2) is 0 Å². The molecule has 0 unspecified atom stereocenters. The largest absolute Gasteiger partial charge is 0.490 e. The minimum Gasteiger partial charge on any atom is -0.490 e. The molecular weight excluding hydrogens is 392 g/mol. The highest BCUT2D eigenvalue weighted by molar-refractivity contribution is 5.88. The van der Waals surface area contributed by atoms with E-state index in [-0.39, 0.29) is 0 Å². The van der Waals surface area contributed by atoms with Crippen LogP contribution >= 0.6 is 0 Å². The lowest BCUT2D eigenvalue weighted by atomic mass is 10.1. The molecule has 7 nitrogen and oxygen atoms in total. The number of rotatable bonds is 8. The molecule has 0 spiro atoms. The second kappa shape index (κ2) is 9.06. The van der Waals surface area contributed by atoms with E-state index in [2.05, 4.69) is 9.97 Å². The van der Waals surface area contributed by atoms with E-state index in [1.807, 2.05) is 62.4 Å². The van der Waals surface area contributed by atoms with Gasteiger partial charge in [-0.15, -0.1) is 0 Å². The average Bonchev–Trinajstić information content (AvgIpc) is 2.75. The molecule has 0 aliphatic carbocycles. The highest BCUT2D eigenvalue weighted by Gasteiger charge is 2.07. The molecule has 0 saturated heterocycles. The van der Waals surface area contributed by atoms with Crippen molar-refractivity contribution in [1.29, 1.82) is 0 Å². The van der Waals surface area contributed by atoms with Crippen molar-refractivity contribution in [3.63, 3.8) is 0 Å². The molecule has 0 atom stereocenters. The molecule has 0 radical (unpaired) electrons. The first-order valence-electron chi connectivity index (χ1n) is 10.2. The fourth-order valence-corrected chi connectivity index (χ4v) is 3.34. The Kier molecular flexibility index (Phi) is 6.04. The molecule has 160 valence electrons. The Balaban J connectivity index is 1.26. The van der Waals surface area contributed by atoms with Gasteiger partial charge in [0, 0.05) is 10.8 Å². The maximum Gasteiger partial charge on any atom is 0.128 e. The Labute approximate surface area is 181 Å². The van der Waals surface area contributed by atoms with E-state index >= 15 is 0 Å². The van der Waals surface area contributed by atoms with Gasteiger partial charge in [-0.05, 0) is 61.4 Å². The van der Waals surface area contributed by atoms with Crippen LogP contribution in [0.3, 0.4) is 0 Å². The van der Waals surface area contributed by atoms with Crippen LogP contribution in [0.1, 0.15) is 11.1 Å². The maximum atomic E-state index is 5.90. The minimum atomic E-state index is 0.430. The maximum absolute atomic E-state index is 5.90. The molecule has 2 aromatic carbocycles. The van der Waals surface area contributed by atoms with Gasteiger partial charge in [-0.1, -0.05) is 12.1 Å². The summed E-state index contributed by atoms with van der Waals surface area (Å²) in [5.41, 5.74) is 15.3. The van der Waals surface area contributed by atoms with Gasteiger partial charge in [-0.3, -0.25) is 0 Å². The van der Waals surface area contributed by atoms with Crippen LogP contribution in [0.15, 0.2) is 48.5 Å². The Morgan fingerprint density at radius 1 is 0.677 bits per heavy atom. The van der Waals surface area contributed by atoms with Gasteiger partial charge >= 0.3 is 0 Å². The first kappa shape index (κ1) is 20.7. The van der Waals surface area contributed by atoms with E-state index < -0.39 is 0 Å². The molecule has 7 heteroatoms. The lowest BCUT2D eigenvalue weighted by molar-refractivity contribution is 0.0771. The third-order valence-electron chi connectivity index (χ3n) is 5.07. The minimum absolute atomic E-state index is 0.430. The number of hydrogen-bond acceptors (Lipinski definition) is 7. The molecular formula is C24H26N4O3. The van der Waals surface area contributed by atoms with Crippen LogP contribution in [0.25, 0.3) is 21.8 Å². The fraction of sp³-hybridized carbons (Fsp3) is 0.250. The standard InChI is InChI=1S/C24H26N4O3/c1-15-13-17-19(27-23(15)25)5-3-7-21(17)30-11-9-29-10-12-31-22-8-4-6-20-18(22)14-16(2)24(26)28-20/h3-8,13-14H,9-12H2,1-2H3,(H2,25,27)(H2,26,28). The van der Waals surface area contributed by atoms with Crippen molar-refractivity contribution in [2.24, 2.45) is 0 Å². The van der Waals surface area contributed by atoms with Gasteiger partial charge in [-0.2, -0.15) is 0 Å². The predicted molar refractivity (Wildman–Crippen MR) is 124 cm³/mol. The second-order valence-corrected chi connectivity index (χ2v) is 7.34. The molecule has 0 fully saturated rings. The summed E-state index contributed by atoms with van der Waals surface area (Å²) in [4.78, 5) is 8.81. The zero-order valence-corrected chi connectivity index (χ0v) is 17.7. The Bertz CT molecular complexity index is 1130. The van der Waals surface area contributed by atoms with E-state index in [1.54, 1.807) is 0 Å². The number of pyridine rings is 2. The Morgan fingerprint density at radius 2 is 1.13 bits per heavy atom. The number of nitrogen functional groups attached to an aromatic ring is 2. The summed E-state index contributed by atoms with van der Waals surface area (Å²) in [6.07, 6.45) is 0. The molecule has 0 aliphatic heterocycles. The van der Waals surface area contributed by atoms with Gasteiger partial charge in [0.05, 0.1) is 24.2 Å². The Morgan fingerprint density at radius 3 is 1.58 bits per heavy atom. The summed E-state index contributed by atoms with van der Waals surface area (Å²) in [5.74, 6) is 2.61. The number of hydrogen-bond donors (Lipinski definition) is 2. The number of nitrogens with two attached hydrogens (primary N) is 2. The summed E-state index contributed by atoms with van der Waals surface area (Å²) in [7, 11) is 0. The van der Waals surface area contributed by atoms with Gasteiger partial charge in [0.2, 0.25) is 0 Å². The van der Waals surface area contributed by atoms with Crippen molar-refractivity contribution in [1.82, 2.24) is 9.97 Å². The van der Waals surface area contributed by atoms with Crippen LogP contribution in [0.2, 0.25) is 0 Å². The monoisotopic (exact) mass is 418 g/mol. The van der Waals surface area contributed by atoms with Crippen molar-refractivity contribution in [2.75, 3.05) is 37.9 Å². The molecule has 4 N–H and O–H groups in total. The fourth-order valence-electron chi connectivity index (χ4n) is 3.34. The van der Waals surface area contributed by atoms with E-state index in [1.165, 1.54) is 0 Å². The number of anilines is 2. The summed E-state index contributed by atoms with van der Waals surface area (Å²) in [5, 5.41) is 1.89. The number of aromatic nitrogens is 2. The van der Waals surface area contributed by atoms with Crippen LogP contribution in [0, 0.1) is 13.8 Å². The molecule has 0 aliphatic rings. The van der Waals surface area contributed by atoms with Crippen molar-refractivity contribution < 1.29 is 14.2 Å². The number of fused-ring (bicyclic) bond motifs is 2. The van der Waals surface area contributed by atoms with Gasteiger partial charge in [-0.25, -0.2) is 9.97 Å². The van der Waals surface area contributed by atoms with Crippen LogP contribution in [0.5, 0.6) is 11.5 Å². The first-order valence-corrected chi connectivity index (χ1v) is 10.2. The molecule has 0 amide bonds. The highest BCUT2D eigenvalue weighted by atomic mass is 16.5. The quantitative estimate of drug-likeness (QED) is 0.416.